The van der Waals surface area contributed by atoms with Crippen LogP contribution in [0.4, 0.5) is 24.7 Å². The van der Waals surface area contributed by atoms with E-state index in [1.54, 1.807) is 18.2 Å². The number of halogens is 3. The summed E-state index contributed by atoms with van der Waals surface area (Å²) in [6, 6.07) is 15.0. The minimum absolute atomic E-state index is 0.122. The fourth-order valence-corrected chi connectivity index (χ4v) is 2.94. The van der Waals surface area contributed by atoms with Crippen molar-refractivity contribution in [3.05, 3.63) is 78.2 Å². The zero-order chi connectivity index (χ0) is 19.7. The van der Waals surface area contributed by atoms with Crippen LogP contribution >= 0.6 is 0 Å². The largest absolute Gasteiger partial charge is 0.418 e. The van der Waals surface area contributed by atoms with Crippen molar-refractivity contribution in [2.24, 2.45) is 0 Å². The number of nitrogens with one attached hydrogen (secondary N) is 1. The van der Waals surface area contributed by atoms with E-state index < -0.39 is 11.7 Å². The first-order chi connectivity index (χ1) is 13.4. The molecule has 0 unspecified atom stereocenters. The first-order valence-electron chi connectivity index (χ1n) is 8.53. The van der Waals surface area contributed by atoms with Crippen LogP contribution in [0.2, 0.25) is 0 Å². The van der Waals surface area contributed by atoms with Gasteiger partial charge in [0.1, 0.15) is 12.1 Å². The highest BCUT2D eigenvalue weighted by molar-refractivity contribution is 5.93. The lowest BCUT2D eigenvalue weighted by Gasteiger charge is -2.13. The van der Waals surface area contributed by atoms with E-state index in [9.17, 15) is 13.2 Å². The van der Waals surface area contributed by atoms with Crippen LogP contribution in [0.15, 0.2) is 67.1 Å². The van der Waals surface area contributed by atoms with Crippen molar-refractivity contribution in [1.29, 1.82) is 0 Å². The molecule has 4 rings (SSSR count). The molecule has 0 radical (unpaired) electrons. The van der Waals surface area contributed by atoms with Crippen LogP contribution in [0.1, 0.15) is 11.1 Å². The molecule has 0 atom stereocenters. The standard InChI is InChI=1S/C21H15F3N4/c1-13-4-7-15(8-5-13)28-20-16-9-6-14(11-18(16)26-12-27-20)19-17(21(22,23)24)3-2-10-25-19/h2-12H,1H3,(H,26,27,28). The molecule has 0 aliphatic carbocycles. The van der Waals surface area contributed by atoms with E-state index in [4.69, 9.17) is 0 Å². The highest BCUT2D eigenvalue weighted by Gasteiger charge is 2.34. The monoisotopic (exact) mass is 380 g/mol. The van der Waals surface area contributed by atoms with Gasteiger partial charge in [0.15, 0.2) is 0 Å². The number of anilines is 2. The Bertz CT molecular complexity index is 1140. The Morgan fingerprint density at radius 3 is 2.43 bits per heavy atom. The molecule has 4 nitrogen and oxygen atoms in total. The maximum absolute atomic E-state index is 13.3. The molecular weight excluding hydrogens is 365 g/mol. The normalized spacial score (nSPS) is 11.6. The summed E-state index contributed by atoms with van der Waals surface area (Å²) in [7, 11) is 0. The molecule has 28 heavy (non-hydrogen) atoms. The van der Waals surface area contributed by atoms with Gasteiger partial charge in [-0.25, -0.2) is 9.97 Å². The molecule has 140 valence electrons. The van der Waals surface area contributed by atoms with Gasteiger partial charge in [0.25, 0.3) is 0 Å². The lowest BCUT2D eigenvalue weighted by molar-refractivity contribution is -0.137. The van der Waals surface area contributed by atoms with Gasteiger partial charge in [0, 0.05) is 22.8 Å². The highest BCUT2D eigenvalue weighted by atomic mass is 19.4. The second-order valence-electron chi connectivity index (χ2n) is 6.34. The molecule has 0 bridgehead atoms. The molecule has 2 heterocycles. The second-order valence-corrected chi connectivity index (χ2v) is 6.34. The van der Waals surface area contributed by atoms with Crippen LogP contribution in [0.25, 0.3) is 22.2 Å². The van der Waals surface area contributed by atoms with Gasteiger partial charge in [-0.2, -0.15) is 13.2 Å². The Labute approximate surface area is 159 Å². The average Bonchev–Trinajstić information content (AvgIpc) is 2.69. The molecule has 0 fully saturated rings. The number of alkyl halides is 3. The molecule has 7 heteroatoms. The Kier molecular flexibility index (Phi) is 4.43. The predicted molar refractivity (Wildman–Crippen MR) is 102 cm³/mol. The molecule has 2 aromatic heterocycles. The van der Waals surface area contributed by atoms with Gasteiger partial charge in [0.2, 0.25) is 0 Å². The van der Waals surface area contributed by atoms with Crippen molar-refractivity contribution in [1.82, 2.24) is 15.0 Å². The second kappa shape index (κ2) is 6.92. The number of fused-ring (bicyclic) bond motifs is 1. The summed E-state index contributed by atoms with van der Waals surface area (Å²) >= 11 is 0. The SMILES string of the molecule is Cc1ccc(Nc2ncnc3cc(-c4ncccc4C(F)(F)F)ccc23)cc1. The fraction of sp³-hybridized carbons (Fsp3) is 0.0952. The van der Waals surface area contributed by atoms with E-state index in [2.05, 4.69) is 20.3 Å². The molecule has 0 spiro atoms. The summed E-state index contributed by atoms with van der Waals surface area (Å²) in [6.45, 7) is 2.00. The smallest absolute Gasteiger partial charge is 0.340 e. The number of nitrogens with zero attached hydrogens (tertiary/aromatic N) is 3. The number of pyridine rings is 1. The number of benzene rings is 2. The summed E-state index contributed by atoms with van der Waals surface area (Å²) in [4.78, 5) is 12.4. The van der Waals surface area contributed by atoms with E-state index in [1.807, 2.05) is 31.2 Å². The quantitative estimate of drug-likeness (QED) is 0.491. The molecule has 2 aromatic carbocycles. The van der Waals surface area contributed by atoms with E-state index in [1.165, 1.54) is 18.6 Å². The lowest BCUT2D eigenvalue weighted by atomic mass is 10.0. The average molecular weight is 380 g/mol. The van der Waals surface area contributed by atoms with Crippen molar-refractivity contribution in [2.75, 3.05) is 5.32 Å². The molecule has 0 aliphatic heterocycles. The molecular formula is C21H15F3N4. The zero-order valence-electron chi connectivity index (χ0n) is 14.8. The van der Waals surface area contributed by atoms with E-state index >= 15 is 0 Å². The number of hydrogen-bond donors (Lipinski definition) is 1. The maximum atomic E-state index is 13.3. The Balaban J connectivity index is 1.77. The number of rotatable bonds is 3. The molecule has 0 saturated carbocycles. The highest BCUT2D eigenvalue weighted by Crippen LogP contribution is 2.36. The van der Waals surface area contributed by atoms with Gasteiger partial charge in [-0.05, 0) is 43.3 Å². The van der Waals surface area contributed by atoms with Crippen molar-refractivity contribution >= 4 is 22.4 Å². The lowest BCUT2D eigenvalue weighted by Crippen LogP contribution is -2.08. The summed E-state index contributed by atoms with van der Waals surface area (Å²) in [5.41, 5.74) is 1.98. The van der Waals surface area contributed by atoms with Gasteiger partial charge >= 0.3 is 6.18 Å². The van der Waals surface area contributed by atoms with E-state index in [0.717, 1.165) is 17.3 Å². The van der Waals surface area contributed by atoms with Crippen LogP contribution in [0.3, 0.4) is 0 Å². The maximum Gasteiger partial charge on any atom is 0.418 e. The molecule has 0 aliphatic rings. The van der Waals surface area contributed by atoms with Crippen LogP contribution in [0, 0.1) is 6.92 Å². The van der Waals surface area contributed by atoms with Crippen molar-refractivity contribution in [2.45, 2.75) is 13.1 Å². The first kappa shape index (κ1) is 17.9. The van der Waals surface area contributed by atoms with Gasteiger partial charge in [-0.15, -0.1) is 0 Å². The topological polar surface area (TPSA) is 50.7 Å². The van der Waals surface area contributed by atoms with E-state index in [0.29, 0.717) is 22.3 Å². The third-order valence-electron chi connectivity index (χ3n) is 4.34. The number of aryl methyl sites for hydroxylation is 1. The molecule has 1 N–H and O–H groups in total. The fourth-order valence-electron chi connectivity index (χ4n) is 2.94. The van der Waals surface area contributed by atoms with Crippen LogP contribution in [-0.2, 0) is 6.18 Å². The summed E-state index contributed by atoms with van der Waals surface area (Å²) in [5, 5.41) is 3.93. The molecule has 0 saturated heterocycles. The number of aromatic nitrogens is 3. The third kappa shape index (κ3) is 3.51. The molecule has 4 aromatic rings. The summed E-state index contributed by atoms with van der Waals surface area (Å²) in [5.74, 6) is 0.581. The van der Waals surface area contributed by atoms with Gasteiger partial charge in [0.05, 0.1) is 16.8 Å². The minimum atomic E-state index is -4.48. The van der Waals surface area contributed by atoms with Gasteiger partial charge in [-0.3, -0.25) is 4.98 Å². The van der Waals surface area contributed by atoms with Crippen LogP contribution in [-0.4, -0.2) is 15.0 Å². The van der Waals surface area contributed by atoms with Gasteiger partial charge < -0.3 is 5.32 Å². The van der Waals surface area contributed by atoms with Crippen LogP contribution in [0.5, 0.6) is 0 Å². The summed E-state index contributed by atoms with van der Waals surface area (Å²) < 4.78 is 39.9. The minimum Gasteiger partial charge on any atom is -0.340 e. The molecule has 0 amide bonds. The number of hydrogen-bond acceptors (Lipinski definition) is 4. The third-order valence-corrected chi connectivity index (χ3v) is 4.34. The van der Waals surface area contributed by atoms with Crippen molar-refractivity contribution < 1.29 is 13.2 Å². The Morgan fingerprint density at radius 2 is 1.68 bits per heavy atom. The van der Waals surface area contributed by atoms with Gasteiger partial charge in [-0.1, -0.05) is 23.8 Å². The Morgan fingerprint density at radius 1 is 0.893 bits per heavy atom. The summed E-state index contributed by atoms with van der Waals surface area (Å²) in [6.07, 6.45) is -1.76. The van der Waals surface area contributed by atoms with Crippen LogP contribution < -0.4 is 5.32 Å². The van der Waals surface area contributed by atoms with Crippen molar-refractivity contribution in [3.8, 4) is 11.3 Å². The first-order valence-corrected chi connectivity index (χ1v) is 8.53. The zero-order valence-corrected chi connectivity index (χ0v) is 14.8. The Hall–Kier alpha value is -3.48. The van der Waals surface area contributed by atoms with E-state index in [-0.39, 0.29) is 5.69 Å². The predicted octanol–water partition coefficient (Wildman–Crippen LogP) is 5.76. The van der Waals surface area contributed by atoms with Crippen molar-refractivity contribution in [3.63, 3.8) is 0 Å².